The molecule has 0 saturated carbocycles. The molecule has 0 aromatic rings. The highest BCUT2D eigenvalue weighted by Crippen LogP contribution is 2.34. The Kier molecular flexibility index (Phi) is 7.98. The Morgan fingerprint density at radius 3 is 2.64 bits per heavy atom. The number of unbranched alkanes of at least 4 members (excludes halogenated alkanes) is 1. The Hall–Kier alpha value is -0.850. The first-order valence-corrected chi connectivity index (χ1v) is 8.61. The molecule has 2 fully saturated rings. The van der Waals surface area contributed by atoms with Crippen LogP contribution in [0.4, 0.5) is 0 Å². The third-order valence-corrected chi connectivity index (χ3v) is 4.20. The van der Waals surface area contributed by atoms with Crippen LogP contribution in [-0.4, -0.2) is 64.2 Å². The van der Waals surface area contributed by atoms with E-state index < -0.39 is 0 Å². The van der Waals surface area contributed by atoms with Gasteiger partial charge in [0.1, 0.15) is 0 Å². The number of aliphatic imine (C=N–C) groups is 1. The summed E-state index contributed by atoms with van der Waals surface area (Å²) in [4.78, 5) is 4.26. The number of ether oxygens (including phenoxy) is 3. The van der Waals surface area contributed by atoms with E-state index >= 15 is 0 Å². The lowest BCUT2D eigenvalue weighted by molar-refractivity contribution is 0.0487. The normalized spacial score (nSPS) is 27.4. The third-order valence-electron chi connectivity index (χ3n) is 4.20. The lowest BCUT2D eigenvalue weighted by Gasteiger charge is -2.22. The number of guanidine groups is 1. The molecule has 0 radical (unpaired) electrons. The summed E-state index contributed by atoms with van der Waals surface area (Å²) < 4.78 is 16.8. The summed E-state index contributed by atoms with van der Waals surface area (Å²) in [6.45, 7) is 5.73. The van der Waals surface area contributed by atoms with Gasteiger partial charge < -0.3 is 24.8 Å². The maximum absolute atomic E-state index is 5.84. The molecule has 3 atom stereocenters. The summed E-state index contributed by atoms with van der Waals surface area (Å²) in [7, 11) is 1.80. The number of rotatable bonds is 10. The predicted octanol–water partition coefficient (Wildman–Crippen LogP) is 1.30. The molecule has 2 rings (SSSR count). The zero-order valence-corrected chi connectivity index (χ0v) is 14.0. The topological polar surface area (TPSA) is 64.1 Å². The van der Waals surface area contributed by atoms with Crippen LogP contribution in [-0.2, 0) is 14.2 Å². The minimum absolute atomic E-state index is 0.361. The van der Waals surface area contributed by atoms with E-state index in [0.29, 0.717) is 38.1 Å². The van der Waals surface area contributed by atoms with Crippen molar-refractivity contribution in [2.45, 2.75) is 57.3 Å². The minimum Gasteiger partial charge on any atom is -0.379 e. The predicted molar refractivity (Wildman–Crippen MR) is 87.3 cm³/mol. The Labute approximate surface area is 134 Å². The molecule has 2 bridgehead atoms. The van der Waals surface area contributed by atoms with Crippen molar-refractivity contribution in [2.75, 3.05) is 40.0 Å². The molecule has 128 valence electrons. The molecule has 2 N–H and O–H groups in total. The van der Waals surface area contributed by atoms with Crippen molar-refractivity contribution in [3.63, 3.8) is 0 Å². The fourth-order valence-corrected chi connectivity index (χ4v) is 2.97. The minimum atomic E-state index is 0.361. The highest BCUT2D eigenvalue weighted by molar-refractivity contribution is 5.80. The molecule has 0 aromatic carbocycles. The van der Waals surface area contributed by atoms with Crippen LogP contribution in [0.5, 0.6) is 0 Å². The number of fused-ring (bicyclic) bond motifs is 2. The second kappa shape index (κ2) is 10.0. The molecule has 0 aromatic heterocycles. The molecule has 6 nitrogen and oxygen atoms in total. The van der Waals surface area contributed by atoms with Gasteiger partial charge in [-0.25, -0.2) is 0 Å². The largest absolute Gasteiger partial charge is 0.379 e. The summed E-state index contributed by atoms with van der Waals surface area (Å²) in [5.74, 6) is 0.837. The Balaban J connectivity index is 1.47. The average Bonchev–Trinajstić information content (AvgIpc) is 3.15. The van der Waals surface area contributed by atoms with E-state index in [4.69, 9.17) is 14.2 Å². The standard InChI is InChI=1S/C16H31N3O3/c1-3-4-8-20-10-11-21-9-7-18-16(17-2)19-14-12-13-5-6-15(14)22-13/h13-15H,3-12H2,1-2H3,(H2,17,18,19). The van der Waals surface area contributed by atoms with E-state index in [0.717, 1.165) is 32.0 Å². The van der Waals surface area contributed by atoms with E-state index in [9.17, 15) is 0 Å². The first-order valence-electron chi connectivity index (χ1n) is 8.61. The number of nitrogens with one attached hydrogen (secondary N) is 2. The van der Waals surface area contributed by atoms with Gasteiger partial charge in [0.15, 0.2) is 5.96 Å². The fourth-order valence-electron chi connectivity index (χ4n) is 2.97. The maximum atomic E-state index is 5.84. The van der Waals surface area contributed by atoms with Crippen LogP contribution in [0.15, 0.2) is 4.99 Å². The lowest BCUT2D eigenvalue weighted by Crippen LogP contribution is -2.48. The smallest absolute Gasteiger partial charge is 0.191 e. The van der Waals surface area contributed by atoms with Gasteiger partial charge in [0.25, 0.3) is 0 Å². The van der Waals surface area contributed by atoms with Gasteiger partial charge in [-0.1, -0.05) is 13.3 Å². The molecule has 6 heteroatoms. The van der Waals surface area contributed by atoms with Gasteiger partial charge in [-0.15, -0.1) is 0 Å². The van der Waals surface area contributed by atoms with Crippen molar-refractivity contribution in [1.82, 2.24) is 10.6 Å². The monoisotopic (exact) mass is 313 g/mol. The highest BCUT2D eigenvalue weighted by atomic mass is 16.5. The highest BCUT2D eigenvalue weighted by Gasteiger charge is 2.40. The van der Waals surface area contributed by atoms with Crippen LogP contribution in [0.3, 0.4) is 0 Å². The molecule has 2 aliphatic heterocycles. The number of nitrogens with zero attached hydrogens (tertiary/aromatic N) is 1. The van der Waals surface area contributed by atoms with Gasteiger partial charge in [0, 0.05) is 20.2 Å². The van der Waals surface area contributed by atoms with Crippen molar-refractivity contribution < 1.29 is 14.2 Å². The zero-order valence-electron chi connectivity index (χ0n) is 14.0. The van der Waals surface area contributed by atoms with Gasteiger partial charge >= 0.3 is 0 Å². The molecule has 22 heavy (non-hydrogen) atoms. The molecule has 0 amide bonds. The van der Waals surface area contributed by atoms with Crippen LogP contribution < -0.4 is 10.6 Å². The first kappa shape index (κ1) is 17.5. The van der Waals surface area contributed by atoms with Crippen LogP contribution in [0, 0.1) is 0 Å². The Morgan fingerprint density at radius 1 is 1.18 bits per heavy atom. The van der Waals surface area contributed by atoms with Crippen LogP contribution >= 0.6 is 0 Å². The summed E-state index contributed by atoms with van der Waals surface area (Å²) in [5, 5.41) is 6.74. The van der Waals surface area contributed by atoms with Gasteiger partial charge in [0.2, 0.25) is 0 Å². The zero-order chi connectivity index (χ0) is 15.6. The third kappa shape index (κ3) is 5.74. The molecule has 2 heterocycles. The summed E-state index contributed by atoms with van der Waals surface area (Å²) in [5.41, 5.74) is 0. The first-order chi connectivity index (χ1) is 10.8. The van der Waals surface area contributed by atoms with Crippen LogP contribution in [0.2, 0.25) is 0 Å². The lowest BCUT2D eigenvalue weighted by atomic mass is 9.96. The van der Waals surface area contributed by atoms with E-state index in [1.54, 1.807) is 7.05 Å². The van der Waals surface area contributed by atoms with E-state index in [1.807, 2.05) is 0 Å². The van der Waals surface area contributed by atoms with Crippen LogP contribution in [0.25, 0.3) is 0 Å². The summed E-state index contributed by atoms with van der Waals surface area (Å²) >= 11 is 0. The fraction of sp³-hybridized carbons (Fsp3) is 0.938. The SMILES string of the molecule is CCCCOCCOCCNC(=NC)NC1CC2CCC1O2. The number of hydrogen-bond acceptors (Lipinski definition) is 4. The van der Waals surface area contributed by atoms with Crippen molar-refractivity contribution in [2.24, 2.45) is 4.99 Å². The molecule has 2 saturated heterocycles. The quantitative estimate of drug-likeness (QED) is 0.362. The molecule has 3 unspecified atom stereocenters. The molecular formula is C16H31N3O3. The summed E-state index contributed by atoms with van der Waals surface area (Å²) in [6.07, 6.45) is 6.58. The molecular weight excluding hydrogens is 282 g/mol. The molecule has 2 aliphatic rings. The van der Waals surface area contributed by atoms with Crippen LogP contribution in [0.1, 0.15) is 39.0 Å². The maximum Gasteiger partial charge on any atom is 0.191 e. The van der Waals surface area contributed by atoms with Crippen molar-refractivity contribution in [1.29, 1.82) is 0 Å². The van der Waals surface area contributed by atoms with Crippen molar-refractivity contribution in [3.8, 4) is 0 Å². The van der Waals surface area contributed by atoms with Gasteiger partial charge in [-0.3, -0.25) is 4.99 Å². The van der Waals surface area contributed by atoms with E-state index in [-0.39, 0.29) is 0 Å². The second-order valence-electron chi connectivity index (χ2n) is 5.94. The van der Waals surface area contributed by atoms with E-state index in [1.165, 1.54) is 19.3 Å². The van der Waals surface area contributed by atoms with Crippen molar-refractivity contribution >= 4 is 5.96 Å². The number of hydrogen-bond donors (Lipinski definition) is 2. The van der Waals surface area contributed by atoms with Gasteiger partial charge in [-0.05, 0) is 25.7 Å². The second-order valence-corrected chi connectivity index (χ2v) is 5.94. The average molecular weight is 313 g/mol. The molecule has 0 spiro atoms. The van der Waals surface area contributed by atoms with E-state index in [2.05, 4.69) is 22.5 Å². The Morgan fingerprint density at radius 2 is 2.00 bits per heavy atom. The molecule has 0 aliphatic carbocycles. The Bertz CT molecular complexity index is 339. The van der Waals surface area contributed by atoms with Crippen molar-refractivity contribution in [3.05, 3.63) is 0 Å². The van der Waals surface area contributed by atoms with Gasteiger partial charge in [-0.2, -0.15) is 0 Å². The summed E-state index contributed by atoms with van der Waals surface area (Å²) in [6, 6.07) is 0.401. The van der Waals surface area contributed by atoms with Gasteiger partial charge in [0.05, 0.1) is 38.1 Å².